The summed E-state index contributed by atoms with van der Waals surface area (Å²) in [5.74, 6) is -0.221. The number of hydrogen-bond donors (Lipinski definition) is 2. The Bertz CT molecular complexity index is 1140. The number of hydrogen-bond acceptors (Lipinski definition) is 6. The van der Waals surface area contributed by atoms with Crippen LogP contribution in [0.3, 0.4) is 0 Å². The van der Waals surface area contributed by atoms with Gasteiger partial charge >= 0.3 is 0 Å². The van der Waals surface area contributed by atoms with E-state index < -0.39 is 9.84 Å². The summed E-state index contributed by atoms with van der Waals surface area (Å²) in [6.07, 6.45) is 1.15. The number of para-hydroxylation sites is 1. The van der Waals surface area contributed by atoms with Crippen molar-refractivity contribution < 1.29 is 13.2 Å². The number of pyridine rings is 1. The molecule has 0 atom stereocenters. The van der Waals surface area contributed by atoms with E-state index in [0.29, 0.717) is 39.6 Å². The minimum absolute atomic E-state index is 0.181. The largest absolute Gasteiger partial charge is 0.398 e. The van der Waals surface area contributed by atoms with Crippen molar-refractivity contribution in [2.75, 3.05) is 39.2 Å². The van der Waals surface area contributed by atoms with E-state index in [-0.39, 0.29) is 10.8 Å². The highest BCUT2D eigenvalue weighted by Gasteiger charge is 2.16. The molecular weight excluding hydrogens is 364 g/mol. The molecule has 0 radical (unpaired) electrons. The Hall–Kier alpha value is -2.71. The maximum atomic E-state index is 12.6. The molecule has 7 nitrogen and oxygen atoms in total. The van der Waals surface area contributed by atoms with Crippen LogP contribution in [0.15, 0.2) is 41.3 Å². The van der Waals surface area contributed by atoms with Crippen LogP contribution in [0.4, 0.5) is 5.69 Å². The number of anilines is 1. The summed E-state index contributed by atoms with van der Waals surface area (Å²) < 4.78 is 23.7. The molecule has 27 heavy (non-hydrogen) atoms. The highest BCUT2D eigenvalue weighted by atomic mass is 32.2. The minimum atomic E-state index is -3.35. The van der Waals surface area contributed by atoms with Crippen LogP contribution in [0.2, 0.25) is 0 Å². The number of rotatable bonds is 5. The molecule has 8 heteroatoms. The number of aromatic nitrogens is 1. The number of nitrogens with zero attached hydrogens (tertiary/aromatic N) is 2. The van der Waals surface area contributed by atoms with Crippen LogP contribution in [0, 0.1) is 0 Å². The molecule has 3 aromatic rings. The molecular formula is C19H22N4O3S. The zero-order chi connectivity index (χ0) is 19.8. The molecule has 0 saturated carbocycles. The monoisotopic (exact) mass is 386 g/mol. The zero-order valence-electron chi connectivity index (χ0n) is 15.5. The van der Waals surface area contributed by atoms with E-state index in [9.17, 15) is 13.2 Å². The average molecular weight is 386 g/mol. The summed E-state index contributed by atoms with van der Waals surface area (Å²) in [7, 11) is 0.513. The Morgan fingerprint density at radius 3 is 2.59 bits per heavy atom. The molecule has 142 valence electrons. The van der Waals surface area contributed by atoms with E-state index in [4.69, 9.17) is 5.73 Å². The highest BCUT2D eigenvalue weighted by molar-refractivity contribution is 7.90. The van der Waals surface area contributed by atoms with Crippen molar-refractivity contribution in [1.82, 2.24) is 15.2 Å². The van der Waals surface area contributed by atoms with Crippen LogP contribution in [0.5, 0.6) is 0 Å². The highest BCUT2D eigenvalue weighted by Crippen LogP contribution is 2.31. The predicted molar refractivity (Wildman–Crippen MR) is 108 cm³/mol. The zero-order valence-corrected chi connectivity index (χ0v) is 16.3. The molecule has 2 aromatic carbocycles. The first-order chi connectivity index (χ1) is 12.7. The van der Waals surface area contributed by atoms with E-state index in [1.807, 2.05) is 19.0 Å². The van der Waals surface area contributed by atoms with Gasteiger partial charge in [-0.25, -0.2) is 13.4 Å². The molecule has 0 spiro atoms. The van der Waals surface area contributed by atoms with Crippen molar-refractivity contribution in [3.63, 3.8) is 0 Å². The lowest BCUT2D eigenvalue weighted by Crippen LogP contribution is -2.31. The van der Waals surface area contributed by atoms with Crippen LogP contribution in [0.1, 0.15) is 10.4 Å². The Morgan fingerprint density at radius 1 is 1.19 bits per heavy atom. The predicted octanol–water partition coefficient (Wildman–Crippen LogP) is 1.67. The second-order valence-corrected chi connectivity index (χ2v) is 8.75. The number of carbonyl (C=O) groups excluding carboxylic acids is 1. The van der Waals surface area contributed by atoms with Gasteiger partial charge in [0.05, 0.1) is 27.2 Å². The normalized spacial score (nSPS) is 12.0. The molecule has 0 aliphatic rings. The summed E-state index contributed by atoms with van der Waals surface area (Å²) in [6, 6.07) is 9.86. The van der Waals surface area contributed by atoms with Crippen molar-refractivity contribution in [3.8, 4) is 0 Å². The van der Waals surface area contributed by atoms with Crippen molar-refractivity contribution in [1.29, 1.82) is 0 Å². The third kappa shape index (κ3) is 3.86. The lowest BCUT2D eigenvalue weighted by molar-refractivity contribution is 0.0952. The fraction of sp³-hybridized carbons (Fsp3) is 0.263. The number of amides is 1. The molecule has 0 unspecified atom stereocenters. The summed E-state index contributed by atoms with van der Waals surface area (Å²) in [6.45, 7) is 1.24. The number of nitrogens with two attached hydrogens (primary N) is 1. The van der Waals surface area contributed by atoms with Crippen LogP contribution in [0.25, 0.3) is 21.8 Å². The Morgan fingerprint density at radius 2 is 1.93 bits per heavy atom. The molecule has 0 aliphatic carbocycles. The van der Waals surface area contributed by atoms with Gasteiger partial charge in [-0.1, -0.05) is 12.1 Å². The van der Waals surface area contributed by atoms with Crippen LogP contribution < -0.4 is 11.1 Å². The van der Waals surface area contributed by atoms with Crippen molar-refractivity contribution in [3.05, 3.63) is 42.0 Å². The SMILES string of the molecule is CN(C)CCNC(=O)c1cccc2c(N)c3cc(S(C)(=O)=O)ccc3nc12. The van der Waals surface area contributed by atoms with Gasteiger partial charge in [0.2, 0.25) is 0 Å². The topological polar surface area (TPSA) is 105 Å². The number of likely N-dealkylation sites (N-methyl/N-ethyl adjacent to an activating group) is 1. The first-order valence-electron chi connectivity index (χ1n) is 8.43. The molecule has 3 N–H and O–H groups in total. The Balaban J connectivity index is 2.12. The van der Waals surface area contributed by atoms with Gasteiger partial charge < -0.3 is 16.0 Å². The number of carbonyl (C=O) groups is 1. The lowest BCUT2D eigenvalue weighted by Gasteiger charge is -2.13. The van der Waals surface area contributed by atoms with E-state index in [1.165, 1.54) is 12.1 Å². The first-order valence-corrected chi connectivity index (χ1v) is 10.3. The summed E-state index contributed by atoms with van der Waals surface area (Å²) in [4.78, 5) is 19.3. The van der Waals surface area contributed by atoms with Gasteiger partial charge in [0.15, 0.2) is 9.84 Å². The number of nitrogen functional groups attached to an aromatic ring is 1. The maximum Gasteiger partial charge on any atom is 0.253 e. The molecule has 1 heterocycles. The first kappa shape index (κ1) is 19.1. The molecule has 0 fully saturated rings. The lowest BCUT2D eigenvalue weighted by atomic mass is 10.0. The number of fused-ring (bicyclic) bond motifs is 2. The molecule has 0 saturated heterocycles. The Labute approximate surface area is 158 Å². The van der Waals surface area contributed by atoms with Gasteiger partial charge in [-0.3, -0.25) is 4.79 Å². The fourth-order valence-corrected chi connectivity index (χ4v) is 3.52. The Kier molecular flexibility index (Phi) is 5.03. The van der Waals surface area contributed by atoms with Gasteiger partial charge in [0.25, 0.3) is 5.91 Å². The molecule has 0 bridgehead atoms. The molecule has 1 amide bonds. The van der Waals surface area contributed by atoms with Crippen molar-refractivity contribution in [2.24, 2.45) is 0 Å². The summed E-state index contributed by atoms with van der Waals surface area (Å²) >= 11 is 0. The van der Waals surface area contributed by atoms with E-state index in [2.05, 4.69) is 10.3 Å². The number of benzene rings is 2. The van der Waals surface area contributed by atoms with Crippen molar-refractivity contribution >= 4 is 43.2 Å². The van der Waals surface area contributed by atoms with Crippen LogP contribution >= 0.6 is 0 Å². The summed E-state index contributed by atoms with van der Waals surface area (Å²) in [5, 5.41) is 4.05. The molecule has 3 rings (SSSR count). The van der Waals surface area contributed by atoms with Gasteiger partial charge in [0, 0.05) is 30.1 Å². The van der Waals surface area contributed by atoms with Gasteiger partial charge in [-0.15, -0.1) is 0 Å². The third-order valence-electron chi connectivity index (χ3n) is 4.33. The van der Waals surface area contributed by atoms with Crippen LogP contribution in [-0.2, 0) is 9.84 Å². The van der Waals surface area contributed by atoms with Gasteiger partial charge in [0.1, 0.15) is 0 Å². The van der Waals surface area contributed by atoms with E-state index >= 15 is 0 Å². The van der Waals surface area contributed by atoms with E-state index in [1.54, 1.807) is 24.3 Å². The van der Waals surface area contributed by atoms with Gasteiger partial charge in [-0.2, -0.15) is 0 Å². The fourth-order valence-electron chi connectivity index (χ4n) is 2.88. The standard InChI is InChI=1S/C19H22N4O3S/c1-23(2)10-9-21-19(24)14-6-4-5-13-17(20)15-11-12(27(3,25)26)7-8-16(15)22-18(13)14/h4-8,11H,9-10H2,1-3H3,(H2,20,22)(H,21,24). The molecule has 1 aromatic heterocycles. The maximum absolute atomic E-state index is 12.6. The summed E-state index contributed by atoms with van der Waals surface area (Å²) in [5.41, 5.74) is 8.19. The van der Waals surface area contributed by atoms with Crippen LogP contribution in [-0.4, -0.2) is 57.6 Å². The quantitative estimate of drug-likeness (QED) is 0.646. The number of sulfone groups is 1. The second kappa shape index (κ2) is 7.13. The smallest absolute Gasteiger partial charge is 0.253 e. The van der Waals surface area contributed by atoms with Crippen molar-refractivity contribution in [2.45, 2.75) is 4.90 Å². The molecule has 0 aliphatic heterocycles. The van der Waals surface area contributed by atoms with Gasteiger partial charge in [-0.05, 0) is 38.4 Å². The number of nitrogens with one attached hydrogen (secondary N) is 1. The third-order valence-corrected chi connectivity index (χ3v) is 5.44. The average Bonchev–Trinajstić information content (AvgIpc) is 2.60. The van der Waals surface area contributed by atoms with E-state index in [0.717, 1.165) is 12.8 Å². The second-order valence-electron chi connectivity index (χ2n) is 6.74. The minimum Gasteiger partial charge on any atom is -0.398 e.